The number of anilines is 1. The van der Waals surface area contributed by atoms with E-state index in [4.69, 9.17) is 0 Å². The van der Waals surface area contributed by atoms with Crippen molar-refractivity contribution in [1.82, 2.24) is 5.32 Å². The minimum absolute atomic E-state index is 0.285. The van der Waals surface area contributed by atoms with Gasteiger partial charge in [-0.2, -0.15) is 0 Å². The van der Waals surface area contributed by atoms with Crippen LogP contribution in [0.25, 0.3) is 0 Å². The van der Waals surface area contributed by atoms with Crippen LogP contribution in [0.3, 0.4) is 0 Å². The summed E-state index contributed by atoms with van der Waals surface area (Å²) in [6, 6.07) is 6.68. The second kappa shape index (κ2) is 6.27. The first-order valence-electron chi connectivity index (χ1n) is 7.31. The van der Waals surface area contributed by atoms with E-state index in [1.807, 2.05) is 0 Å². The Morgan fingerprint density at radius 2 is 2.16 bits per heavy atom. The molecule has 0 radical (unpaired) electrons. The smallest absolute Gasteiger partial charge is 0.0417 e. The van der Waals surface area contributed by atoms with Gasteiger partial charge < -0.3 is 10.2 Å². The molecule has 0 bridgehead atoms. The molecule has 2 rings (SSSR count). The molecule has 1 aromatic rings. The monoisotopic (exact) mass is 324 g/mol. The summed E-state index contributed by atoms with van der Waals surface area (Å²) in [5.74, 6) is 0. The van der Waals surface area contributed by atoms with Gasteiger partial charge in [0, 0.05) is 28.8 Å². The third-order valence-electron chi connectivity index (χ3n) is 3.98. The second-order valence-corrected chi connectivity index (χ2v) is 6.93. The number of hydrogen-bond donors (Lipinski definition) is 1. The Kier molecular flexibility index (Phi) is 4.91. The van der Waals surface area contributed by atoms with E-state index in [0.29, 0.717) is 0 Å². The first-order chi connectivity index (χ1) is 9.04. The standard InChI is InChI=1S/C16H25BrN2/c1-4-9-18-12-13-11-14(17)6-7-15(13)19-10-5-8-16(19,2)3/h6-7,11,18H,4-5,8-10,12H2,1-3H3. The van der Waals surface area contributed by atoms with Gasteiger partial charge in [-0.1, -0.05) is 22.9 Å². The zero-order valence-electron chi connectivity index (χ0n) is 12.3. The van der Waals surface area contributed by atoms with E-state index in [2.05, 4.69) is 65.1 Å². The molecule has 0 aliphatic carbocycles. The SMILES string of the molecule is CCCNCc1cc(Br)ccc1N1CCCC1(C)C. The van der Waals surface area contributed by atoms with Crippen molar-refractivity contribution in [3.05, 3.63) is 28.2 Å². The molecular weight excluding hydrogens is 300 g/mol. The topological polar surface area (TPSA) is 15.3 Å². The molecule has 1 aliphatic heterocycles. The van der Waals surface area contributed by atoms with E-state index in [9.17, 15) is 0 Å². The van der Waals surface area contributed by atoms with Crippen molar-refractivity contribution in [2.24, 2.45) is 0 Å². The summed E-state index contributed by atoms with van der Waals surface area (Å²) >= 11 is 3.60. The van der Waals surface area contributed by atoms with Gasteiger partial charge in [-0.05, 0) is 63.4 Å². The largest absolute Gasteiger partial charge is 0.366 e. The lowest BCUT2D eigenvalue weighted by molar-refractivity contribution is 0.516. The lowest BCUT2D eigenvalue weighted by Gasteiger charge is -2.35. The molecule has 1 fully saturated rings. The molecule has 1 aromatic carbocycles. The molecular formula is C16H25BrN2. The van der Waals surface area contributed by atoms with Crippen LogP contribution in [0.15, 0.2) is 22.7 Å². The normalized spacial score (nSPS) is 18.0. The van der Waals surface area contributed by atoms with Crippen molar-refractivity contribution in [2.45, 2.75) is 52.1 Å². The molecule has 0 amide bonds. The summed E-state index contributed by atoms with van der Waals surface area (Å²) < 4.78 is 1.17. The summed E-state index contributed by atoms with van der Waals surface area (Å²) in [5, 5.41) is 3.52. The van der Waals surface area contributed by atoms with E-state index < -0.39 is 0 Å². The summed E-state index contributed by atoms with van der Waals surface area (Å²) in [4.78, 5) is 2.57. The van der Waals surface area contributed by atoms with Crippen molar-refractivity contribution < 1.29 is 0 Å². The van der Waals surface area contributed by atoms with Crippen LogP contribution in [-0.2, 0) is 6.54 Å². The average molecular weight is 325 g/mol. The Morgan fingerprint density at radius 1 is 1.37 bits per heavy atom. The van der Waals surface area contributed by atoms with Gasteiger partial charge in [-0.15, -0.1) is 0 Å². The van der Waals surface area contributed by atoms with Crippen molar-refractivity contribution in [3.63, 3.8) is 0 Å². The molecule has 0 saturated carbocycles. The molecule has 0 atom stereocenters. The van der Waals surface area contributed by atoms with Gasteiger partial charge in [0.1, 0.15) is 0 Å². The lowest BCUT2D eigenvalue weighted by atomic mass is 10.0. The molecule has 1 N–H and O–H groups in total. The van der Waals surface area contributed by atoms with Crippen LogP contribution >= 0.6 is 15.9 Å². The minimum atomic E-state index is 0.285. The fourth-order valence-corrected chi connectivity index (χ4v) is 3.32. The van der Waals surface area contributed by atoms with Crippen molar-refractivity contribution >= 4 is 21.6 Å². The Bertz CT molecular complexity index is 429. The van der Waals surface area contributed by atoms with E-state index in [-0.39, 0.29) is 5.54 Å². The zero-order valence-corrected chi connectivity index (χ0v) is 13.9. The summed E-state index contributed by atoms with van der Waals surface area (Å²) in [7, 11) is 0. The molecule has 0 unspecified atom stereocenters. The number of rotatable bonds is 5. The Labute approximate surface area is 125 Å². The van der Waals surface area contributed by atoms with Crippen molar-refractivity contribution in [2.75, 3.05) is 18.0 Å². The van der Waals surface area contributed by atoms with Crippen LogP contribution in [0.5, 0.6) is 0 Å². The first-order valence-corrected chi connectivity index (χ1v) is 8.10. The van der Waals surface area contributed by atoms with E-state index in [0.717, 1.165) is 13.1 Å². The molecule has 1 saturated heterocycles. The number of nitrogens with zero attached hydrogens (tertiary/aromatic N) is 1. The summed E-state index contributed by atoms with van der Waals surface area (Å²) in [5.41, 5.74) is 3.08. The van der Waals surface area contributed by atoms with Gasteiger partial charge in [0.05, 0.1) is 0 Å². The molecule has 0 aromatic heterocycles. The zero-order chi connectivity index (χ0) is 13.9. The van der Waals surface area contributed by atoms with Gasteiger partial charge in [0.15, 0.2) is 0 Å². The van der Waals surface area contributed by atoms with Crippen molar-refractivity contribution in [3.8, 4) is 0 Å². The van der Waals surface area contributed by atoms with Crippen LogP contribution in [0, 0.1) is 0 Å². The molecule has 19 heavy (non-hydrogen) atoms. The Hall–Kier alpha value is -0.540. The van der Waals surface area contributed by atoms with Gasteiger partial charge >= 0.3 is 0 Å². The van der Waals surface area contributed by atoms with Gasteiger partial charge in [-0.3, -0.25) is 0 Å². The van der Waals surface area contributed by atoms with Crippen LogP contribution in [0.2, 0.25) is 0 Å². The minimum Gasteiger partial charge on any atom is -0.366 e. The molecule has 1 aliphatic rings. The van der Waals surface area contributed by atoms with Gasteiger partial charge in [0.2, 0.25) is 0 Å². The van der Waals surface area contributed by atoms with E-state index >= 15 is 0 Å². The van der Waals surface area contributed by atoms with Crippen LogP contribution in [0.1, 0.15) is 45.6 Å². The highest BCUT2D eigenvalue weighted by molar-refractivity contribution is 9.10. The molecule has 1 heterocycles. The second-order valence-electron chi connectivity index (χ2n) is 6.02. The molecule has 3 heteroatoms. The highest BCUT2D eigenvalue weighted by atomic mass is 79.9. The van der Waals surface area contributed by atoms with Gasteiger partial charge in [-0.25, -0.2) is 0 Å². The molecule has 106 valence electrons. The average Bonchev–Trinajstić information content (AvgIpc) is 2.70. The number of halogens is 1. The third-order valence-corrected chi connectivity index (χ3v) is 4.47. The number of nitrogens with one attached hydrogen (secondary N) is 1. The summed E-state index contributed by atoms with van der Waals surface area (Å²) in [6.45, 7) is 10.1. The predicted molar refractivity (Wildman–Crippen MR) is 86.8 cm³/mol. The number of hydrogen-bond acceptors (Lipinski definition) is 2. The highest BCUT2D eigenvalue weighted by Gasteiger charge is 2.32. The maximum absolute atomic E-state index is 3.60. The summed E-state index contributed by atoms with van der Waals surface area (Å²) in [6.07, 6.45) is 3.76. The molecule has 2 nitrogen and oxygen atoms in total. The third kappa shape index (κ3) is 3.51. The van der Waals surface area contributed by atoms with E-state index in [1.165, 1.54) is 41.5 Å². The fraction of sp³-hybridized carbons (Fsp3) is 0.625. The van der Waals surface area contributed by atoms with Crippen LogP contribution in [0.4, 0.5) is 5.69 Å². The van der Waals surface area contributed by atoms with Crippen LogP contribution in [-0.4, -0.2) is 18.6 Å². The van der Waals surface area contributed by atoms with Crippen LogP contribution < -0.4 is 10.2 Å². The Balaban J connectivity index is 2.23. The maximum Gasteiger partial charge on any atom is 0.0417 e. The predicted octanol–water partition coefficient (Wildman–Crippen LogP) is 4.33. The number of benzene rings is 1. The van der Waals surface area contributed by atoms with Crippen molar-refractivity contribution in [1.29, 1.82) is 0 Å². The lowest BCUT2D eigenvalue weighted by Crippen LogP contribution is -2.39. The Morgan fingerprint density at radius 3 is 2.79 bits per heavy atom. The maximum atomic E-state index is 3.60. The molecule has 0 spiro atoms. The first kappa shape index (κ1) is 14.9. The quantitative estimate of drug-likeness (QED) is 0.811. The highest BCUT2D eigenvalue weighted by Crippen LogP contribution is 2.36. The van der Waals surface area contributed by atoms with E-state index in [1.54, 1.807) is 0 Å². The van der Waals surface area contributed by atoms with Gasteiger partial charge in [0.25, 0.3) is 0 Å². The fourth-order valence-electron chi connectivity index (χ4n) is 2.91.